The second-order valence-electron chi connectivity index (χ2n) is 4.88. The predicted molar refractivity (Wildman–Crippen MR) is 79.8 cm³/mol. The molecule has 130 valence electrons. The zero-order valence-electron chi connectivity index (χ0n) is 12.3. The molecule has 0 aromatic heterocycles. The number of amides is 1. The number of halogens is 4. The number of hydrogen-bond acceptors (Lipinski definition) is 5. The van der Waals surface area contributed by atoms with Crippen LogP contribution in [0.3, 0.4) is 0 Å². The molecule has 2 rings (SSSR count). The summed E-state index contributed by atoms with van der Waals surface area (Å²) in [4.78, 5) is 23.4. The third-order valence-electron chi connectivity index (χ3n) is 3.26. The number of benzene rings is 1. The molecule has 0 unspecified atom stereocenters. The van der Waals surface area contributed by atoms with Crippen molar-refractivity contribution in [3.63, 3.8) is 0 Å². The number of aliphatic hydroxyl groups is 1. The van der Waals surface area contributed by atoms with E-state index in [0.717, 1.165) is 0 Å². The summed E-state index contributed by atoms with van der Waals surface area (Å²) < 4.78 is 44.9. The largest absolute Gasteiger partial charge is 0.459 e. The number of ether oxygens (including phenoxy) is 1. The van der Waals surface area contributed by atoms with Crippen LogP contribution in [-0.2, 0) is 14.3 Å². The third kappa shape index (κ3) is 3.29. The fourth-order valence-electron chi connectivity index (χ4n) is 2.06. The number of carbonyl (C=O) groups excluding carboxylic acids is 2. The molecular weight excluding hydrogens is 397 g/mol. The van der Waals surface area contributed by atoms with Crippen LogP contribution in [0.25, 0.3) is 0 Å². The summed E-state index contributed by atoms with van der Waals surface area (Å²) in [6.07, 6.45) is -6.21. The molecule has 0 fully saturated rings. The van der Waals surface area contributed by atoms with Gasteiger partial charge in [-0.1, -0.05) is 28.1 Å². The average Bonchev–Trinajstić information content (AvgIpc) is 2.86. The molecule has 0 spiro atoms. The highest BCUT2D eigenvalue weighted by Crippen LogP contribution is 2.41. The van der Waals surface area contributed by atoms with Gasteiger partial charge in [-0.3, -0.25) is 4.79 Å². The first kappa shape index (κ1) is 18.4. The summed E-state index contributed by atoms with van der Waals surface area (Å²) in [5.74, 6) is -3.22. The van der Waals surface area contributed by atoms with Gasteiger partial charge in [0.15, 0.2) is 0 Å². The number of carbonyl (C=O) groups is 2. The Morgan fingerprint density at radius 2 is 1.96 bits per heavy atom. The standard InChI is InChI=1S/C14H12BrF3N2O4/c1-2-24-12(22)11(21)20-13(23,14(16,17)18)7-10(19-20)8-3-5-9(15)6-4-8/h3-6,23H,2,7H2,1H3/t13-/m0/s1. The molecule has 0 aliphatic carbocycles. The van der Waals surface area contributed by atoms with Gasteiger partial charge in [-0.05, 0) is 24.6 Å². The van der Waals surface area contributed by atoms with Crippen LogP contribution in [-0.4, -0.2) is 46.2 Å². The normalized spacial score (nSPS) is 20.8. The topological polar surface area (TPSA) is 79.2 Å². The molecule has 1 aromatic rings. The summed E-state index contributed by atoms with van der Waals surface area (Å²) in [5.41, 5.74) is -3.51. The molecule has 6 nitrogen and oxygen atoms in total. The van der Waals surface area contributed by atoms with Crippen molar-refractivity contribution in [3.8, 4) is 0 Å². The summed E-state index contributed by atoms with van der Waals surface area (Å²) in [6.45, 7) is 1.19. The van der Waals surface area contributed by atoms with Crippen LogP contribution in [0.2, 0.25) is 0 Å². The highest BCUT2D eigenvalue weighted by atomic mass is 79.9. The molecule has 1 aromatic carbocycles. The first-order valence-electron chi connectivity index (χ1n) is 6.74. The van der Waals surface area contributed by atoms with E-state index in [1.807, 2.05) is 0 Å². The SMILES string of the molecule is CCOC(=O)C(=O)N1N=C(c2ccc(Br)cc2)C[C@]1(O)C(F)(F)F. The van der Waals surface area contributed by atoms with E-state index in [-0.39, 0.29) is 22.9 Å². The Bertz CT molecular complexity index is 690. The Labute approximate surface area is 143 Å². The fourth-order valence-corrected chi connectivity index (χ4v) is 2.33. The van der Waals surface area contributed by atoms with Gasteiger partial charge < -0.3 is 9.84 Å². The second kappa shape index (κ2) is 6.52. The molecule has 1 aliphatic rings. The monoisotopic (exact) mass is 408 g/mol. The number of alkyl halides is 3. The van der Waals surface area contributed by atoms with Crippen molar-refractivity contribution in [2.75, 3.05) is 6.61 Å². The van der Waals surface area contributed by atoms with Gasteiger partial charge in [-0.2, -0.15) is 23.3 Å². The van der Waals surface area contributed by atoms with Crippen molar-refractivity contribution in [2.24, 2.45) is 5.10 Å². The predicted octanol–water partition coefficient (Wildman–Crippen LogP) is 2.20. The molecule has 24 heavy (non-hydrogen) atoms. The molecule has 1 atom stereocenters. The maximum Gasteiger partial charge on any atom is 0.438 e. The van der Waals surface area contributed by atoms with Gasteiger partial charge in [0.1, 0.15) is 0 Å². The van der Waals surface area contributed by atoms with Crippen molar-refractivity contribution in [1.82, 2.24) is 5.01 Å². The minimum Gasteiger partial charge on any atom is -0.459 e. The molecule has 0 saturated carbocycles. The molecule has 0 bridgehead atoms. The van der Waals surface area contributed by atoms with Crippen LogP contribution in [0.4, 0.5) is 13.2 Å². The van der Waals surface area contributed by atoms with E-state index < -0.39 is 30.2 Å². The van der Waals surface area contributed by atoms with Crippen molar-refractivity contribution in [2.45, 2.75) is 25.2 Å². The lowest BCUT2D eigenvalue weighted by atomic mass is 10.0. The molecule has 1 heterocycles. The van der Waals surface area contributed by atoms with E-state index in [4.69, 9.17) is 0 Å². The highest BCUT2D eigenvalue weighted by Gasteiger charge is 2.64. The fraction of sp³-hybridized carbons (Fsp3) is 0.357. The minimum atomic E-state index is -5.21. The molecule has 0 radical (unpaired) electrons. The number of hydrazone groups is 1. The zero-order chi connectivity index (χ0) is 18.1. The maximum absolute atomic E-state index is 13.3. The van der Waals surface area contributed by atoms with Crippen LogP contribution >= 0.6 is 15.9 Å². The Morgan fingerprint density at radius 3 is 2.46 bits per heavy atom. The third-order valence-corrected chi connectivity index (χ3v) is 3.79. The summed E-state index contributed by atoms with van der Waals surface area (Å²) in [7, 11) is 0. The summed E-state index contributed by atoms with van der Waals surface area (Å²) >= 11 is 3.18. The molecule has 1 aliphatic heterocycles. The quantitative estimate of drug-likeness (QED) is 0.600. The van der Waals surface area contributed by atoms with Crippen LogP contribution in [0.15, 0.2) is 33.8 Å². The minimum absolute atomic E-state index is 0.181. The van der Waals surface area contributed by atoms with Gasteiger partial charge in [0.25, 0.3) is 5.72 Å². The van der Waals surface area contributed by atoms with E-state index >= 15 is 0 Å². The Kier molecular flexibility index (Phi) is 5.00. The van der Waals surface area contributed by atoms with Gasteiger partial charge >= 0.3 is 18.1 Å². The summed E-state index contributed by atoms with van der Waals surface area (Å²) in [6, 6.07) is 6.08. The van der Waals surface area contributed by atoms with E-state index in [9.17, 15) is 27.9 Å². The smallest absolute Gasteiger partial charge is 0.438 e. The van der Waals surface area contributed by atoms with Gasteiger partial charge in [0, 0.05) is 4.47 Å². The van der Waals surface area contributed by atoms with Gasteiger partial charge in [0.2, 0.25) is 0 Å². The number of rotatable bonds is 2. The van der Waals surface area contributed by atoms with Crippen LogP contribution in [0, 0.1) is 0 Å². The molecule has 10 heteroatoms. The Morgan fingerprint density at radius 1 is 1.38 bits per heavy atom. The molecule has 1 N–H and O–H groups in total. The van der Waals surface area contributed by atoms with Crippen LogP contribution in [0.5, 0.6) is 0 Å². The van der Waals surface area contributed by atoms with E-state index in [0.29, 0.717) is 4.47 Å². The maximum atomic E-state index is 13.3. The van der Waals surface area contributed by atoms with Crippen LogP contribution < -0.4 is 0 Å². The van der Waals surface area contributed by atoms with Crippen molar-refractivity contribution >= 4 is 33.5 Å². The molecule has 1 amide bonds. The molecule has 0 saturated heterocycles. The van der Waals surface area contributed by atoms with Gasteiger partial charge in [-0.25, -0.2) is 4.79 Å². The first-order chi connectivity index (χ1) is 11.1. The number of nitrogens with zero attached hydrogens (tertiary/aromatic N) is 2. The van der Waals surface area contributed by atoms with E-state index in [1.165, 1.54) is 19.1 Å². The number of esters is 1. The zero-order valence-corrected chi connectivity index (χ0v) is 13.9. The number of hydrogen-bond donors (Lipinski definition) is 1. The van der Waals surface area contributed by atoms with Crippen LogP contribution in [0.1, 0.15) is 18.9 Å². The van der Waals surface area contributed by atoms with Gasteiger partial charge in [-0.15, -0.1) is 0 Å². The Hall–Kier alpha value is -1.94. The Balaban J connectivity index is 2.43. The second-order valence-corrected chi connectivity index (χ2v) is 5.80. The van der Waals surface area contributed by atoms with Crippen molar-refractivity contribution < 1.29 is 32.6 Å². The lowest BCUT2D eigenvalue weighted by Crippen LogP contribution is -2.58. The van der Waals surface area contributed by atoms with Crippen molar-refractivity contribution in [1.29, 1.82) is 0 Å². The first-order valence-corrected chi connectivity index (χ1v) is 7.53. The van der Waals surface area contributed by atoms with Gasteiger partial charge in [0.05, 0.1) is 18.7 Å². The van der Waals surface area contributed by atoms with Crippen molar-refractivity contribution in [3.05, 3.63) is 34.3 Å². The lowest BCUT2D eigenvalue weighted by Gasteiger charge is -2.31. The van der Waals surface area contributed by atoms with E-state index in [2.05, 4.69) is 25.8 Å². The molecular formula is C14H12BrF3N2O4. The average molecular weight is 409 g/mol. The summed E-state index contributed by atoms with van der Waals surface area (Å²) in [5, 5.41) is 13.3. The lowest BCUT2D eigenvalue weighted by molar-refractivity contribution is -0.302. The van der Waals surface area contributed by atoms with E-state index in [1.54, 1.807) is 12.1 Å². The highest BCUT2D eigenvalue weighted by molar-refractivity contribution is 9.10.